The van der Waals surface area contributed by atoms with Gasteiger partial charge >= 0.3 is 6.36 Å². The molecule has 1 atom stereocenters. The van der Waals surface area contributed by atoms with Crippen LogP contribution < -0.4 is 16.0 Å². The van der Waals surface area contributed by atoms with Gasteiger partial charge in [-0.25, -0.2) is 0 Å². The highest BCUT2D eigenvalue weighted by molar-refractivity contribution is 5.31. The lowest BCUT2D eigenvalue weighted by atomic mass is 9.77. The molecule has 1 unspecified atom stereocenters. The molecule has 1 fully saturated rings. The van der Waals surface area contributed by atoms with Crippen LogP contribution in [0.5, 0.6) is 5.75 Å². The average Bonchev–Trinajstić information content (AvgIpc) is 2.40. The zero-order chi connectivity index (χ0) is 15.5. The molecule has 0 heterocycles. The fraction of sp³-hybridized carbons (Fsp3) is 0.600. The van der Waals surface area contributed by atoms with Crippen LogP contribution in [0, 0.1) is 11.8 Å². The number of benzene rings is 1. The zero-order valence-electron chi connectivity index (χ0n) is 12.0. The van der Waals surface area contributed by atoms with E-state index in [2.05, 4.69) is 17.1 Å². The Morgan fingerprint density at radius 3 is 2.48 bits per heavy atom. The fourth-order valence-corrected chi connectivity index (χ4v) is 3.03. The van der Waals surface area contributed by atoms with Crippen molar-refractivity contribution in [3.8, 4) is 5.75 Å². The summed E-state index contributed by atoms with van der Waals surface area (Å²) in [5.41, 5.74) is 3.49. The Labute approximate surface area is 122 Å². The lowest BCUT2D eigenvalue weighted by Crippen LogP contribution is -2.35. The van der Waals surface area contributed by atoms with Crippen molar-refractivity contribution in [2.75, 3.05) is 0 Å². The second-order valence-electron chi connectivity index (χ2n) is 5.78. The van der Waals surface area contributed by atoms with Crippen LogP contribution in [0.15, 0.2) is 24.3 Å². The molecule has 1 aliphatic rings. The highest BCUT2D eigenvalue weighted by Gasteiger charge is 2.32. The second kappa shape index (κ2) is 6.66. The molecule has 0 saturated heterocycles. The number of alkyl halides is 3. The van der Waals surface area contributed by atoms with Crippen LogP contribution >= 0.6 is 0 Å². The van der Waals surface area contributed by atoms with Crippen LogP contribution in [0.4, 0.5) is 13.2 Å². The van der Waals surface area contributed by atoms with Crippen LogP contribution in [-0.4, -0.2) is 6.36 Å². The lowest BCUT2D eigenvalue weighted by molar-refractivity contribution is -0.274. The number of ether oxygens (including phenoxy) is 1. The first-order valence-corrected chi connectivity index (χ1v) is 7.21. The third kappa shape index (κ3) is 4.61. The molecule has 1 aromatic carbocycles. The molecule has 0 spiro atoms. The number of nitrogens with one attached hydrogen (secondary N) is 1. The summed E-state index contributed by atoms with van der Waals surface area (Å²) in [6, 6.07) is 5.91. The summed E-state index contributed by atoms with van der Waals surface area (Å²) in [5.74, 6) is 6.48. The molecule has 0 aromatic heterocycles. The molecule has 6 heteroatoms. The first-order chi connectivity index (χ1) is 9.89. The molecule has 0 radical (unpaired) electrons. The smallest absolute Gasteiger partial charge is 0.406 e. The molecule has 3 nitrogen and oxygen atoms in total. The summed E-state index contributed by atoms with van der Waals surface area (Å²) in [7, 11) is 0. The third-order valence-electron chi connectivity index (χ3n) is 4.16. The molecule has 21 heavy (non-hydrogen) atoms. The number of hydrazine groups is 1. The molecule has 3 N–H and O–H groups in total. The van der Waals surface area contributed by atoms with E-state index in [-0.39, 0.29) is 11.8 Å². The standard InChI is InChI=1S/C15H21F3N2O/c1-10-5-7-11(8-6-10)14(20-19)12-3-2-4-13(9-12)21-15(16,17)18/h2-4,9-11,14,20H,5-8,19H2,1H3. The van der Waals surface area contributed by atoms with E-state index in [0.29, 0.717) is 11.8 Å². The second-order valence-corrected chi connectivity index (χ2v) is 5.78. The maximum Gasteiger partial charge on any atom is 0.573 e. The summed E-state index contributed by atoms with van der Waals surface area (Å²) in [5, 5.41) is 0. The van der Waals surface area contributed by atoms with Gasteiger partial charge in [-0.1, -0.05) is 31.9 Å². The van der Waals surface area contributed by atoms with E-state index in [1.807, 2.05) is 0 Å². The van der Waals surface area contributed by atoms with Gasteiger partial charge in [-0.15, -0.1) is 13.2 Å². The summed E-state index contributed by atoms with van der Waals surface area (Å²) >= 11 is 0. The van der Waals surface area contributed by atoms with Gasteiger partial charge in [-0.05, 0) is 42.4 Å². The van der Waals surface area contributed by atoms with Crippen molar-refractivity contribution in [3.63, 3.8) is 0 Å². The Morgan fingerprint density at radius 1 is 1.24 bits per heavy atom. The Balaban J connectivity index is 2.12. The van der Waals surface area contributed by atoms with Gasteiger partial charge in [0.05, 0.1) is 0 Å². The predicted molar refractivity (Wildman–Crippen MR) is 74.3 cm³/mol. The van der Waals surface area contributed by atoms with Crippen molar-refractivity contribution in [1.82, 2.24) is 5.43 Å². The Bertz CT molecular complexity index is 456. The minimum atomic E-state index is -4.68. The summed E-state index contributed by atoms with van der Waals surface area (Å²) in [6.45, 7) is 2.22. The van der Waals surface area contributed by atoms with Crippen molar-refractivity contribution in [3.05, 3.63) is 29.8 Å². The van der Waals surface area contributed by atoms with Gasteiger partial charge in [0.25, 0.3) is 0 Å². The highest BCUT2D eigenvalue weighted by atomic mass is 19.4. The SMILES string of the molecule is CC1CCC(C(NN)c2cccc(OC(F)(F)F)c2)CC1. The number of hydrogen-bond acceptors (Lipinski definition) is 3. The minimum Gasteiger partial charge on any atom is -0.406 e. The van der Waals surface area contributed by atoms with Crippen molar-refractivity contribution < 1.29 is 17.9 Å². The van der Waals surface area contributed by atoms with E-state index < -0.39 is 6.36 Å². The van der Waals surface area contributed by atoms with E-state index in [1.165, 1.54) is 12.1 Å². The van der Waals surface area contributed by atoms with Crippen LogP contribution in [0.2, 0.25) is 0 Å². The van der Waals surface area contributed by atoms with E-state index in [4.69, 9.17) is 5.84 Å². The Kier molecular flexibility index (Phi) is 5.11. The van der Waals surface area contributed by atoms with Crippen LogP contribution in [0.1, 0.15) is 44.2 Å². The minimum absolute atomic E-state index is 0.144. The molecule has 118 valence electrons. The van der Waals surface area contributed by atoms with Gasteiger partial charge in [0.15, 0.2) is 0 Å². The molecule has 0 bridgehead atoms. The van der Waals surface area contributed by atoms with Crippen molar-refractivity contribution in [2.24, 2.45) is 17.7 Å². The van der Waals surface area contributed by atoms with Gasteiger partial charge in [0.2, 0.25) is 0 Å². The van der Waals surface area contributed by atoms with Gasteiger partial charge in [-0.3, -0.25) is 11.3 Å². The van der Waals surface area contributed by atoms with Gasteiger partial charge < -0.3 is 4.74 Å². The summed E-state index contributed by atoms with van der Waals surface area (Å²) in [4.78, 5) is 0. The van der Waals surface area contributed by atoms with Crippen LogP contribution in [-0.2, 0) is 0 Å². The largest absolute Gasteiger partial charge is 0.573 e. The average molecular weight is 302 g/mol. The molecule has 0 aliphatic heterocycles. The number of nitrogens with two attached hydrogens (primary N) is 1. The van der Waals surface area contributed by atoms with Crippen molar-refractivity contribution in [2.45, 2.75) is 45.0 Å². The molecule has 1 saturated carbocycles. The Hall–Kier alpha value is -1.27. The quantitative estimate of drug-likeness (QED) is 0.654. The third-order valence-corrected chi connectivity index (χ3v) is 4.16. The lowest BCUT2D eigenvalue weighted by Gasteiger charge is -2.32. The van der Waals surface area contributed by atoms with Crippen LogP contribution in [0.3, 0.4) is 0 Å². The molecule has 0 amide bonds. The van der Waals surface area contributed by atoms with Gasteiger partial charge in [0, 0.05) is 6.04 Å². The molecule has 1 aliphatic carbocycles. The predicted octanol–water partition coefficient (Wildman–Crippen LogP) is 3.92. The van der Waals surface area contributed by atoms with Gasteiger partial charge in [-0.2, -0.15) is 0 Å². The molecule has 1 aromatic rings. The first-order valence-electron chi connectivity index (χ1n) is 7.21. The molecular formula is C15H21F3N2O. The first kappa shape index (κ1) is 16.1. The van der Waals surface area contributed by atoms with E-state index >= 15 is 0 Å². The monoisotopic (exact) mass is 302 g/mol. The topological polar surface area (TPSA) is 47.3 Å². The van der Waals surface area contributed by atoms with E-state index in [1.54, 1.807) is 12.1 Å². The van der Waals surface area contributed by atoms with E-state index in [0.717, 1.165) is 31.2 Å². The number of hydrogen-bond donors (Lipinski definition) is 2. The normalized spacial score (nSPS) is 24.6. The van der Waals surface area contributed by atoms with Crippen molar-refractivity contribution in [1.29, 1.82) is 0 Å². The summed E-state index contributed by atoms with van der Waals surface area (Å²) in [6.07, 6.45) is -0.367. The summed E-state index contributed by atoms with van der Waals surface area (Å²) < 4.78 is 40.8. The zero-order valence-corrected chi connectivity index (χ0v) is 12.0. The molecular weight excluding hydrogens is 281 g/mol. The molecule has 2 rings (SSSR count). The number of rotatable bonds is 4. The maximum absolute atomic E-state index is 12.3. The maximum atomic E-state index is 12.3. The van der Waals surface area contributed by atoms with E-state index in [9.17, 15) is 13.2 Å². The fourth-order valence-electron chi connectivity index (χ4n) is 3.03. The highest BCUT2D eigenvalue weighted by Crippen LogP contribution is 2.37. The number of halogens is 3. The Morgan fingerprint density at radius 2 is 1.90 bits per heavy atom. The van der Waals surface area contributed by atoms with Crippen LogP contribution in [0.25, 0.3) is 0 Å². The van der Waals surface area contributed by atoms with Gasteiger partial charge in [0.1, 0.15) is 5.75 Å². The van der Waals surface area contributed by atoms with Crippen molar-refractivity contribution >= 4 is 0 Å².